The summed E-state index contributed by atoms with van der Waals surface area (Å²) in [7, 11) is 3.09. The Kier molecular flexibility index (Phi) is 5.03. The van der Waals surface area contributed by atoms with Crippen LogP contribution in [0, 0.1) is 10.1 Å². The molecule has 0 amide bonds. The summed E-state index contributed by atoms with van der Waals surface area (Å²) in [5.41, 5.74) is 0.826. The molecule has 0 heterocycles. The Balaban J connectivity index is 3.34. The first-order chi connectivity index (χ1) is 8.53. The third-order valence-electron chi connectivity index (χ3n) is 2.39. The van der Waals surface area contributed by atoms with Gasteiger partial charge >= 0.3 is 0 Å². The molecule has 0 aliphatic rings. The van der Waals surface area contributed by atoms with Gasteiger partial charge in [0.1, 0.15) is 0 Å². The molecule has 0 bridgehead atoms. The van der Waals surface area contributed by atoms with Crippen molar-refractivity contribution in [2.24, 2.45) is 0 Å². The molecule has 0 saturated carbocycles. The van der Waals surface area contributed by atoms with Crippen LogP contribution in [-0.4, -0.2) is 25.4 Å². The Morgan fingerprint density at radius 2 is 1.89 bits per heavy atom. The average Bonchev–Trinajstić information content (AvgIpc) is 2.37. The van der Waals surface area contributed by atoms with Crippen LogP contribution in [0.4, 0.5) is 0 Å². The number of hydrogen-bond donors (Lipinski definition) is 0. The number of rotatable bonds is 5. The van der Waals surface area contributed by atoms with Gasteiger partial charge in [0.25, 0.3) is 0 Å². The highest BCUT2D eigenvalue weighted by Gasteiger charge is 2.11. The first kappa shape index (κ1) is 14.4. The minimum absolute atomic E-state index is 0.0810. The van der Waals surface area contributed by atoms with E-state index in [9.17, 15) is 10.1 Å². The van der Waals surface area contributed by atoms with Crippen molar-refractivity contribution in [3.8, 4) is 11.5 Å². The highest BCUT2D eigenvalue weighted by Crippen LogP contribution is 2.35. The Bertz CT molecular complexity index is 485. The van der Waals surface area contributed by atoms with Crippen molar-refractivity contribution in [2.75, 3.05) is 20.5 Å². The molecule has 0 N–H and O–H groups in total. The lowest BCUT2D eigenvalue weighted by Gasteiger charge is -2.11. The predicted molar refractivity (Wildman–Crippen MR) is 72.0 cm³/mol. The molecule has 0 aromatic heterocycles. The monoisotopic (exact) mass is 269 g/mol. The molecule has 1 aromatic carbocycles. The molecule has 0 unspecified atom stereocenters. The molecule has 5 nitrogen and oxygen atoms in total. The lowest BCUT2D eigenvalue weighted by Crippen LogP contribution is -1.96. The van der Waals surface area contributed by atoms with Gasteiger partial charge in [-0.15, -0.1) is 11.8 Å². The number of ether oxygens (including phenoxy) is 2. The summed E-state index contributed by atoms with van der Waals surface area (Å²) in [6.45, 7) is 1.46. The van der Waals surface area contributed by atoms with Crippen molar-refractivity contribution in [3.63, 3.8) is 0 Å². The molecular weight excluding hydrogens is 254 g/mol. The summed E-state index contributed by atoms with van der Waals surface area (Å²) in [6.07, 6.45) is 3.42. The van der Waals surface area contributed by atoms with E-state index in [1.54, 1.807) is 13.2 Å². The lowest BCUT2D eigenvalue weighted by molar-refractivity contribution is -0.422. The van der Waals surface area contributed by atoms with Gasteiger partial charge in [-0.25, -0.2) is 0 Å². The zero-order chi connectivity index (χ0) is 13.7. The van der Waals surface area contributed by atoms with Gasteiger partial charge in [0.15, 0.2) is 11.5 Å². The van der Waals surface area contributed by atoms with Crippen LogP contribution < -0.4 is 9.47 Å². The normalized spacial score (nSPS) is 11.2. The standard InChI is InChI=1S/C12H15NO4S/c1-8(13(14)15)5-9-6-10(16-2)11(17-3)7-12(9)18-4/h5-7H,1-4H3/b8-5+. The van der Waals surface area contributed by atoms with E-state index in [1.165, 1.54) is 31.9 Å². The second kappa shape index (κ2) is 6.30. The van der Waals surface area contributed by atoms with E-state index in [-0.39, 0.29) is 5.70 Å². The molecule has 1 rings (SSSR count). The number of nitrogens with zero attached hydrogens (tertiary/aromatic N) is 1. The average molecular weight is 269 g/mol. The van der Waals surface area contributed by atoms with E-state index in [1.807, 2.05) is 12.3 Å². The number of hydrogen-bond acceptors (Lipinski definition) is 5. The summed E-state index contributed by atoms with van der Waals surface area (Å²) in [4.78, 5) is 11.1. The van der Waals surface area contributed by atoms with E-state index < -0.39 is 4.92 Å². The molecule has 0 spiro atoms. The van der Waals surface area contributed by atoms with Gasteiger partial charge in [-0.3, -0.25) is 10.1 Å². The van der Waals surface area contributed by atoms with Gasteiger partial charge in [-0.1, -0.05) is 0 Å². The summed E-state index contributed by atoms with van der Waals surface area (Å²) in [5, 5.41) is 10.7. The van der Waals surface area contributed by atoms with Gasteiger partial charge in [0.05, 0.1) is 19.1 Å². The Hall–Kier alpha value is -1.69. The second-order valence-corrected chi connectivity index (χ2v) is 4.34. The topological polar surface area (TPSA) is 61.6 Å². The van der Waals surface area contributed by atoms with Crippen molar-refractivity contribution >= 4 is 17.8 Å². The van der Waals surface area contributed by atoms with Gasteiger partial charge in [0.2, 0.25) is 5.70 Å². The molecule has 0 aliphatic carbocycles. The van der Waals surface area contributed by atoms with Crippen molar-refractivity contribution in [1.82, 2.24) is 0 Å². The Morgan fingerprint density at radius 1 is 1.33 bits per heavy atom. The fourth-order valence-corrected chi connectivity index (χ4v) is 2.02. The summed E-state index contributed by atoms with van der Waals surface area (Å²) >= 11 is 1.50. The molecule has 0 aliphatic heterocycles. The van der Waals surface area contributed by atoms with E-state index >= 15 is 0 Å². The van der Waals surface area contributed by atoms with Crippen LogP contribution in [0.1, 0.15) is 12.5 Å². The molecule has 0 saturated heterocycles. The fraction of sp³-hybridized carbons (Fsp3) is 0.333. The van der Waals surface area contributed by atoms with Gasteiger partial charge in [-0.2, -0.15) is 0 Å². The largest absolute Gasteiger partial charge is 0.493 e. The van der Waals surface area contributed by atoms with E-state index in [2.05, 4.69) is 0 Å². The molecule has 18 heavy (non-hydrogen) atoms. The van der Waals surface area contributed by atoms with E-state index in [0.717, 1.165) is 10.5 Å². The molecular formula is C12H15NO4S. The van der Waals surface area contributed by atoms with Crippen molar-refractivity contribution in [1.29, 1.82) is 0 Å². The van der Waals surface area contributed by atoms with Gasteiger partial charge < -0.3 is 9.47 Å². The third-order valence-corrected chi connectivity index (χ3v) is 3.18. The van der Waals surface area contributed by atoms with Crippen LogP contribution in [0.5, 0.6) is 11.5 Å². The van der Waals surface area contributed by atoms with Crippen LogP contribution in [0.25, 0.3) is 6.08 Å². The SMILES string of the molecule is COc1cc(/C=C(\C)[N+](=O)[O-])c(SC)cc1OC. The number of nitro groups is 1. The maximum atomic E-state index is 10.7. The summed E-state index contributed by atoms with van der Waals surface area (Å²) < 4.78 is 10.4. The molecule has 0 atom stereocenters. The van der Waals surface area contributed by atoms with Crippen molar-refractivity contribution in [2.45, 2.75) is 11.8 Å². The van der Waals surface area contributed by atoms with Crippen LogP contribution in [0.15, 0.2) is 22.7 Å². The van der Waals surface area contributed by atoms with Crippen molar-refractivity contribution < 1.29 is 14.4 Å². The Morgan fingerprint density at radius 3 is 2.33 bits per heavy atom. The molecule has 1 aromatic rings. The maximum Gasteiger partial charge on any atom is 0.243 e. The van der Waals surface area contributed by atoms with E-state index in [4.69, 9.17) is 9.47 Å². The fourth-order valence-electron chi connectivity index (χ4n) is 1.44. The molecule has 98 valence electrons. The predicted octanol–water partition coefficient (Wildman–Crippen LogP) is 3.06. The quantitative estimate of drug-likeness (QED) is 0.467. The summed E-state index contributed by atoms with van der Waals surface area (Å²) in [5.74, 6) is 1.16. The molecule has 0 fully saturated rings. The lowest BCUT2D eigenvalue weighted by atomic mass is 10.1. The first-order valence-electron chi connectivity index (χ1n) is 5.16. The van der Waals surface area contributed by atoms with Crippen LogP contribution in [-0.2, 0) is 0 Å². The maximum absolute atomic E-state index is 10.7. The highest BCUT2D eigenvalue weighted by molar-refractivity contribution is 7.98. The molecule has 6 heteroatoms. The summed E-state index contributed by atoms with van der Waals surface area (Å²) in [6, 6.07) is 3.54. The second-order valence-electron chi connectivity index (χ2n) is 3.49. The highest BCUT2D eigenvalue weighted by atomic mass is 32.2. The van der Waals surface area contributed by atoms with E-state index in [0.29, 0.717) is 11.5 Å². The van der Waals surface area contributed by atoms with Gasteiger partial charge in [0, 0.05) is 17.9 Å². The van der Waals surface area contributed by atoms with Crippen LogP contribution in [0.3, 0.4) is 0 Å². The number of thioether (sulfide) groups is 1. The minimum atomic E-state index is -0.416. The zero-order valence-electron chi connectivity index (χ0n) is 10.7. The molecule has 0 radical (unpaired) electrons. The van der Waals surface area contributed by atoms with Gasteiger partial charge in [-0.05, 0) is 24.0 Å². The number of methoxy groups -OCH3 is 2. The van der Waals surface area contributed by atoms with Crippen molar-refractivity contribution in [3.05, 3.63) is 33.5 Å². The van der Waals surface area contributed by atoms with Crippen LogP contribution >= 0.6 is 11.8 Å². The zero-order valence-corrected chi connectivity index (χ0v) is 11.5. The van der Waals surface area contributed by atoms with Crippen LogP contribution in [0.2, 0.25) is 0 Å². The number of benzene rings is 1. The number of allylic oxidation sites excluding steroid dienone is 1. The smallest absolute Gasteiger partial charge is 0.243 e. The first-order valence-corrected chi connectivity index (χ1v) is 6.38. The minimum Gasteiger partial charge on any atom is -0.493 e. The Labute approximate surface area is 110 Å². The third kappa shape index (κ3) is 3.16.